The lowest BCUT2D eigenvalue weighted by Gasteiger charge is -2.54. The summed E-state index contributed by atoms with van der Waals surface area (Å²) in [5.41, 5.74) is 4.85. The molecule has 6 rings (SSSR count). The Hall–Kier alpha value is -3.84. The van der Waals surface area contributed by atoms with Crippen LogP contribution in [-0.4, -0.2) is 68.1 Å². The smallest absolute Gasteiger partial charge is 0.322 e. The van der Waals surface area contributed by atoms with Gasteiger partial charge in [-0.1, -0.05) is 48.5 Å². The zero-order valence-corrected chi connectivity index (χ0v) is 20.2. The first kappa shape index (κ1) is 22.9. The first-order chi connectivity index (χ1) is 16.9. The van der Waals surface area contributed by atoms with Crippen LogP contribution in [0.3, 0.4) is 0 Å². The summed E-state index contributed by atoms with van der Waals surface area (Å²) in [5.74, 6) is 1.04. The van der Waals surface area contributed by atoms with Crippen molar-refractivity contribution < 1.29 is 14.3 Å². The van der Waals surface area contributed by atoms with E-state index in [0.717, 1.165) is 11.1 Å². The van der Waals surface area contributed by atoms with Crippen LogP contribution in [0, 0.1) is 0 Å². The summed E-state index contributed by atoms with van der Waals surface area (Å²) < 4.78 is 5.34. The van der Waals surface area contributed by atoms with Gasteiger partial charge in [0.2, 0.25) is 0 Å². The Kier molecular flexibility index (Phi) is 6.17. The van der Waals surface area contributed by atoms with Gasteiger partial charge in [-0.05, 0) is 41.0 Å². The van der Waals surface area contributed by atoms with Gasteiger partial charge >= 0.3 is 6.03 Å². The summed E-state index contributed by atoms with van der Waals surface area (Å²) in [6.45, 7) is 1.32. The lowest BCUT2D eigenvalue weighted by Crippen LogP contribution is -2.72. The number of amides is 3. The van der Waals surface area contributed by atoms with Crippen LogP contribution in [0.1, 0.15) is 21.8 Å². The molecular formula is C28H30N4O3. The van der Waals surface area contributed by atoms with Crippen molar-refractivity contribution in [2.75, 3.05) is 39.6 Å². The summed E-state index contributed by atoms with van der Waals surface area (Å²) in [6, 6.07) is 24.2. The molecule has 2 N–H and O–H groups in total. The largest absolute Gasteiger partial charge is 0.495 e. The highest BCUT2D eigenvalue weighted by atomic mass is 16.5. The molecule has 3 saturated heterocycles. The number of nitrogens with zero attached hydrogens (tertiary/aromatic N) is 2. The zero-order valence-electron chi connectivity index (χ0n) is 20.2. The first-order valence-corrected chi connectivity index (χ1v) is 11.8. The molecule has 7 heteroatoms. The molecule has 3 aromatic carbocycles. The van der Waals surface area contributed by atoms with E-state index in [4.69, 9.17) is 4.74 Å². The van der Waals surface area contributed by atoms with Crippen molar-refractivity contribution in [3.8, 4) is 16.9 Å². The summed E-state index contributed by atoms with van der Waals surface area (Å²) in [4.78, 5) is 28.4. The molecule has 1 unspecified atom stereocenters. The molecule has 3 amide bonds. The van der Waals surface area contributed by atoms with Gasteiger partial charge < -0.3 is 25.2 Å². The molecule has 180 valence electrons. The van der Waals surface area contributed by atoms with E-state index < -0.39 is 0 Å². The first-order valence-electron chi connectivity index (χ1n) is 11.8. The molecule has 3 aliphatic heterocycles. The molecule has 3 fully saturated rings. The van der Waals surface area contributed by atoms with Gasteiger partial charge in [0, 0.05) is 50.7 Å². The third-order valence-corrected chi connectivity index (χ3v) is 6.93. The summed E-state index contributed by atoms with van der Waals surface area (Å²) >= 11 is 0. The maximum Gasteiger partial charge on any atom is 0.322 e. The second kappa shape index (κ2) is 9.43. The standard InChI is InChI=1S/C28H30N4O3/c1-31(2)27(33)21-14-10-19(11-15-21)18-8-12-20(13-9-18)26-23-16-32(17-24(26)29-23)28(34)30-22-6-4-5-7-25(22)35-3/h4-15,23-24,26,29H,16-17H2,1-3H3,(H,30,34)/t23-,24+,26?. The van der Waals surface area contributed by atoms with Gasteiger partial charge in [-0.3, -0.25) is 4.79 Å². The van der Waals surface area contributed by atoms with E-state index >= 15 is 0 Å². The Bertz CT molecular complexity index is 1210. The van der Waals surface area contributed by atoms with E-state index in [-0.39, 0.29) is 24.0 Å². The lowest BCUT2D eigenvalue weighted by atomic mass is 9.74. The SMILES string of the molecule is COc1ccccc1NC(=O)N1C[C@@H]2N[C@H](C1)C2c1ccc(-c2ccc(C(=O)N(C)C)cc2)cc1. The van der Waals surface area contributed by atoms with Gasteiger partial charge in [0.05, 0.1) is 12.8 Å². The maximum atomic E-state index is 12.9. The van der Waals surface area contributed by atoms with Crippen LogP contribution in [0.4, 0.5) is 10.5 Å². The lowest BCUT2D eigenvalue weighted by molar-refractivity contribution is 0.0759. The topological polar surface area (TPSA) is 73.9 Å². The molecule has 0 aromatic heterocycles. The Labute approximate surface area is 205 Å². The second-order valence-electron chi connectivity index (χ2n) is 9.34. The molecule has 3 atom stereocenters. The summed E-state index contributed by atoms with van der Waals surface area (Å²) in [5, 5.41) is 6.57. The molecule has 3 aromatic rings. The monoisotopic (exact) mass is 470 g/mol. The van der Waals surface area contributed by atoms with E-state index in [2.05, 4.69) is 34.9 Å². The minimum Gasteiger partial charge on any atom is -0.495 e. The highest BCUT2D eigenvalue weighted by Crippen LogP contribution is 2.38. The molecule has 3 heterocycles. The van der Waals surface area contributed by atoms with Crippen molar-refractivity contribution in [2.24, 2.45) is 0 Å². The highest BCUT2D eigenvalue weighted by Gasteiger charge is 2.48. The van der Waals surface area contributed by atoms with Gasteiger partial charge in [0.1, 0.15) is 5.75 Å². The van der Waals surface area contributed by atoms with Crippen LogP contribution in [0.15, 0.2) is 72.8 Å². The van der Waals surface area contributed by atoms with Crippen molar-refractivity contribution in [2.45, 2.75) is 18.0 Å². The van der Waals surface area contributed by atoms with Crippen LogP contribution in [0.25, 0.3) is 11.1 Å². The Morgan fingerprint density at radius 3 is 2.11 bits per heavy atom. The fourth-order valence-corrected chi connectivity index (χ4v) is 5.06. The molecule has 35 heavy (non-hydrogen) atoms. The van der Waals surface area contributed by atoms with Crippen LogP contribution in [0.2, 0.25) is 0 Å². The number of methoxy groups -OCH3 is 1. The number of piperazine rings is 1. The number of fused-ring (bicyclic) bond motifs is 2. The molecule has 7 nitrogen and oxygen atoms in total. The van der Waals surface area contributed by atoms with Gasteiger partial charge in [0.25, 0.3) is 5.91 Å². The normalized spacial score (nSPS) is 20.5. The quantitative estimate of drug-likeness (QED) is 0.590. The maximum absolute atomic E-state index is 12.9. The van der Waals surface area contributed by atoms with E-state index in [1.54, 1.807) is 26.1 Å². The highest BCUT2D eigenvalue weighted by molar-refractivity contribution is 5.94. The van der Waals surface area contributed by atoms with E-state index in [9.17, 15) is 9.59 Å². The average molecular weight is 471 g/mol. The Morgan fingerprint density at radius 2 is 1.51 bits per heavy atom. The van der Waals surface area contributed by atoms with Crippen LogP contribution >= 0.6 is 0 Å². The van der Waals surface area contributed by atoms with Gasteiger partial charge in [-0.2, -0.15) is 0 Å². The fraction of sp³-hybridized carbons (Fsp3) is 0.286. The number of urea groups is 1. The number of hydrogen-bond acceptors (Lipinski definition) is 4. The molecule has 0 radical (unpaired) electrons. The number of carbonyl (C=O) groups is 2. The average Bonchev–Trinajstić information content (AvgIpc) is 2.89. The molecule has 0 saturated carbocycles. The third-order valence-electron chi connectivity index (χ3n) is 6.93. The predicted molar refractivity (Wildman–Crippen MR) is 137 cm³/mol. The minimum atomic E-state index is -0.101. The number of nitrogens with one attached hydrogen (secondary N) is 2. The molecule has 0 spiro atoms. The molecule has 3 aliphatic rings. The number of ether oxygens (including phenoxy) is 1. The van der Waals surface area contributed by atoms with E-state index in [1.807, 2.05) is 53.4 Å². The molecule has 0 aliphatic carbocycles. The van der Waals surface area contributed by atoms with Gasteiger partial charge in [-0.15, -0.1) is 0 Å². The number of hydrogen-bond donors (Lipinski definition) is 2. The number of para-hydroxylation sites is 2. The predicted octanol–water partition coefficient (Wildman–Crippen LogP) is 4.04. The third kappa shape index (κ3) is 4.47. The minimum absolute atomic E-state index is 0.00144. The van der Waals surface area contributed by atoms with Crippen molar-refractivity contribution in [1.82, 2.24) is 15.1 Å². The summed E-state index contributed by atoms with van der Waals surface area (Å²) in [7, 11) is 5.11. The molecule has 2 bridgehead atoms. The van der Waals surface area contributed by atoms with Crippen LogP contribution in [0.5, 0.6) is 5.75 Å². The Balaban J connectivity index is 1.22. The van der Waals surface area contributed by atoms with Crippen LogP contribution in [-0.2, 0) is 0 Å². The fourth-order valence-electron chi connectivity index (χ4n) is 5.06. The van der Waals surface area contributed by atoms with E-state index in [0.29, 0.717) is 36.0 Å². The van der Waals surface area contributed by atoms with Gasteiger partial charge in [-0.25, -0.2) is 4.79 Å². The van der Waals surface area contributed by atoms with E-state index in [1.165, 1.54) is 5.56 Å². The molecular weight excluding hydrogens is 440 g/mol. The number of rotatable bonds is 5. The van der Waals surface area contributed by atoms with Gasteiger partial charge in [0.15, 0.2) is 0 Å². The Morgan fingerprint density at radius 1 is 0.914 bits per heavy atom. The van der Waals surface area contributed by atoms with Crippen molar-refractivity contribution in [1.29, 1.82) is 0 Å². The van der Waals surface area contributed by atoms with Crippen molar-refractivity contribution in [3.05, 3.63) is 83.9 Å². The van der Waals surface area contributed by atoms with Crippen LogP contribution < -0.4 is 15.4 Å². The number of anilines is 1. The number of carbonyl (C=O) groups excluding carboxylic acids is 2. The van der Waals surface area contributed by atoms with Crippen molar-refractivity contribution >= 4 is 17.6 Å². The van der Waals surface area contributed by atoms with Crippen molar-refractivity contribution in [3.63, 3.8) is 0 Å². The number of benzene rings is 3. The summed E-state index contributed by atoms with van der Waals surface area (Å²) in [6.07, 6.45) is 0. The second-order valence-corrected chi connectivity index (χ2v) is 9.34. The zero-order chi connectivity index (χ0) is 24.5. The number of piperidine rings is 1.